The monoisotopic (exact) mass is 335 g/mol. The molecule has 0 amide bonds. The number of rotatable bonds is 3. The molecule has 0 aliphatic rings. The van der Waals surface area contributed by atoms with Crippen LogP contribution < -0.4 is 0 Å². The smallest absolute Gasteiger partial charge is 0.147 e. The zero-order valence-electron chi connectivity index (χ0n) is 10.5. The van der Waals surface area contributed by atoms with Gasteiger partial charge in [-0.2, -0.15) is 0 Å². The van der Waals surface area contributed by atoms with Gasteiger partial charge in [-0.3, -0.25) is 0 Å². The number of benzene rings is 1. The Labute approximate surface area is 121 Å². The zero-order chi connectivity index (χ0) is 12.3. The molecular formula is C13H18AsCl2O. The third-order valence-electron chi connectivity index (χ3n) is 2.07. The Kier molecular flexibility index (Phi) is 6.84. The molecule has 1 rings (SSSR count). The van der Waals surface area contributed by atoms with Gasteiger partial charge in [-0.05, 0) is 0 Å². The standard InChI is InChI=1S/C13H17AsClO.ClH/c1-9(14-13(2,3)4)12(16)10-6-5-7-11(15)8-10;/h5-9H,1-4H3;1H. The fraction of sp³-hybridized carbons (Fsp3) is 0.462. The minimum absolute atomic E-state index is 0. The van der Waals surface area contributed by atoms with Crippen LogP contribution in [0, 0.1) is 0 Å². The van der Waals surface area contributed by atoms with Gasteiger partial charge in [0.05, 0.1) is 0 Å². The van der Waals surface area contributed by atoms with Crippen molar-refractivity contribution in [3.8, 4) is 0 Å². The van der Waals surface area contributed by atoms with E-state index in [4.69, 9.17) is 11.6 Å². The summed E-state index contributed by atoms with van der Waals surface area (Å²) in [4.78, 5) is 12.1. The van der Waals surface area contributed by atoms with E-state index < -0.39 is 0 Å². The Morgan fingerprint density at radius 1 is 1.35 bits per heavy atom. The summed E-state index contributed by atoms with van der Waals surface area (Å²) < 4.78 is 0.402. The summed E-state index contributed by atoms with van der Waals surface area (Å²) in [7, 11) is 0. The van der Waals surface area contributed by atoms with Crippen LogP contribution >= 0.6 is 24.0 Å². The van der Waals surface area contributed by atoms with Crippen LogP contribution in [0.4, 0.5) is 0 Å². The molecule has 0 aliphatic carbocycles. The Morgan fingerprint density at radius 2 is 1.94 bits per heavy atom. The van der Waals surface area contributed by atoms with E-state index in [-0.39, 0.29) is 42.9 Å². The molecular weight excluding hydrogens is 318 g/mol. The SMILES string of the molecule is CC([As]C(C)(C)C)C(=O)c1cccc(Cl)c1.Cl. The van der Waals surface area contributed by atoms with Crippen molar-refractivity contribution in [2.75, 3.05) is 0 Å². The maximum absolute atomic E-state index is 12.1. The van der Waals surface area contributed by atoms with E-state index in [1.807, 2.05) is 19.1 Å². The van der Waals surface area contributed by atoms with Crippen LogP contribution in [0.2, 0.25) is 13.9 Å². The van der Waals surface area contributed by atoms with E-state index >= 15 is 0 Å². The Hall–Kier alpha value is 0.0284. The molecule has 0 fully saturated rings. The third-order valence-corrected chi connectivity index (χ3v) is 5.23. The molecule has 0 aliphatic heterocycles. The van der Waals surface area contributed by atoms with E-state index in [2.05, 4.69) is 20.8 Å². The average Bonchev–Trinajstić information content (AvgIpc) is 2.14. The van der Waals surface area contributed by atoms with Crippen molar-refractivity contribution in [1.82, 2.24) is 0 Å². The molecule has 0 N–H and O–H groups in total. The van der Waals surface area contributed by atoms with Gasteiger partial charge >= 0.3 is 109 Å². The molecule has 0 saturated heterocycles. The van der Waals surface area contributed by atoms with Crippen LogP contribution in [0.15, 0.2) is 24.3 Å². The molecule has 0 spiro atoms. The largest absolute Gasteiger partial charge is 0.147 e. The first kappa shape index (κ1) is 17.0. The Balaban J connectivity index is 0.00000256. The molecule has 4 heteroatoms. The number of Topliss-reactive ketones (excluding diaryl/α,β-unsaturated/α-hetero) is 1. The van der Waals surface area contributed by atoms with E-state index in [0.29, 0.717) is 5.02 Å². The Bertz CT molecular complexity index is 385. The van der Waals surface area contributed by atoms with Crippen molar-refractivity contribution >= 4 is 45.5 Å². The molecule has 1 atom stereocenters. The molecule has 0 bridgehead atoms. The normalized spacial score (nSPS) is 13.5. The van der Waals surface area contributed by atoms with E-state index in [9.17, 15) is 4.79 Å². The summed E-state index contributed by atoms with van der Waals surface area (Å²) in [5, 5.41) is 0.630. The van der Waals surface area contributed by atoms with Crippen molar-refractivity contribution < 1.29 is 4.79 Å². The first-order valence-corrected chi connectivity index (χ1v) is 7.71. The van der Waals surface area contributed by atoms with Crippen molar-refractivity contribution in [1.29, 1.82) is 0 Å². The fourth-order valence-electron chi connectivity index (χ4n) is 1.52. The first-order valence-electron chi connectivity index (χ1n) is 5.31. The molecule has 0 saturated carbocycles. The third kappa shape index (κ3) is 5.95. The second-order valence-corrected chi connectivity index (χ2v) is 10.3. The first-order chi connectivity index (χ1) is 7.29. The predicted molar refractivity (Wildman–Crippen MR) is 77.9 cm³/mol. The molecule has 1 aromatic carbocycles. The molecule has 0 heterocycles. The van der Waals surface area contributed by atoms with E-state index in [1.54, 1.807) is 12.1 Å². The van der Waals surface area contributed by atoms with Crippen LogP contribution in [-0.4, -0.2) is 21.5 Å². The van der Waals surface area contributed by atoms with Gasteiger partial charge in [-0.25, -0.2) is 0 Å². The average molecular weight is 336 g/mol. The van der Waals surface area contributed by atoms with Gasteiger partial charge in [0.1, 0.15) is 0 Å². The van der Waals surface area contributed by atoms with Gasteiger partial charge in [-0.15, -0.1) is 12.4 Å². The second-order valence-electron chi connectivity index (χ2n) is 4.85. The number of carbonyl (C=O) groups is 1. The zero-order valence-corrected chi connectivity index (χ0v) is 14.0. The summed E-state index contributed by atoms with van der Waals surface area (Å²) in [6.07, 6.45) is 0. The van der Waals surface area contributed by atoms with Crippen LogP contribution in [0.1, 0.15) is 38.1 Å². The van der Waals surface area contributed by atoms with Crippen molar-refractivity contribution in [2.24, 2.45) is 0 Å². The topological polar surface area (TPSA) is 17.1 Å². The van der Waals surface area contributed by atoms with Crippen LogP contribution in [0.5, 0.6) is 0 Å². The van der Waals surface area contributed by atoms with E-state index in [1.165, 1.54) is 0 Å². The Morgan fingerprint density at radius 3 is 2.41 bits per heavy atom. The summed E-state index contributed by atoms with van der Waals surface area (Å²) in [6.45, 7) is 8.59. The van der Waals surface area contributed by atoms with Gasteiger partial charge < -0.3 is 0 Å². The second kappa shape index (κ2) is 6.83. The summed E-state index contributed by atoms with van der Waals surface area (Å²) in [5.74, 6) is 0.220. The van der Waals surface area contributed by atoms with Gasteiger partial charge in [0, 0.05) is 0 Å². The fourth-order valence-corrected chi connectivity index (χ4v) is 4.71. The number of hydrogen-bond acceptors (Lipinski definition) is 1. The minimum Gasteiger partial charge on any atom is -0.147 e. The molecule has 17 heavy (non-hydrogen) atoms. The van der Waals surface area contributed by atoms with Gasteiger partial charge in [0.15, 0.2) is 0 Å². The number of ketones is 1. The number of hydrogen-bond donors (Lipinski definition) is 0. The number of halogens is 2. The predicted octanol–water partition coefficient (Wildman–Crippen LogP) is 4.68. The summed E-state index contributed by atoms with van der Waals surface area (Å²) in [5.41, 5.74) is 0.736. The molecule has 0 aromatic heterocycles. The molecule has 1 nitrogen and oxygen atoms in total. The van der Waals surface area contributed by atoms with Gasteiger partial charge in [0.2, 0.25) is 0 Å². The van der Waals surface area contributed by atoms with Crippen molar-refractivity contribution in [2.45, 2.75) is 36.6 Å². The van der Waals surface area contributed by atoms with Crippen LogP contribution in [-0.2, 0) is 0 Å². The molecule has 1 unspecified atom stereocenters. The van der Waals surface area contributed by atoms with Crippen LogP contribution in [0.25, 0.3) is 0 Å². The molecule has 95 valence electrons. The molecule has 1 radical (unpaired) electrons. The van der Waals surface area contributed by atoms with Gasteiger partial charge in [0.25, 0.3) is 0 Å². The maximum atomic E-state index is 12.1. The molecule has 1 aromatic rings. The maximum Gasteiger partial charge on any atom is -0.147 e. The quantitative estimate of drug-likeness (QED) is 0.579. The summed E-state index contributed by atoms with van der Waals surface area (Å²) >= 11 is 5.89. The number of carbonyl (C=O) groups excluding carboxylic acids is 1. The summed E-state index contributed by atoms with van der Waals surface area (Å²) in [6, 6.07) is 7.22. The van der Waals surface area contributed by atoms with Crippen LogP contribution in [0.3, 0.4) is 0 Å². The van der Waals surface area contributed by atoms with E-state index in [0.717, 1.165) is 5.56 Å². The van der Waals surface area contributed by atoms with Crippen molar-refractivity contribution in [3.63, 3.8) is 0 Å². The van der Waals surface area contributed by atoms with Crippen molar-refractivity contribution in [3.05, 3.63) is 34.9 Å². The minimum atomic E-state index is 0. The van der Waals surface area contributed by atoms with Gasteiger partial charge in [-0.1, -0.05) is 0 Å².